The molecule has 4 aromatic rings. The van der Waals surface area contributed by atoms with E-state index in [1.54, 1.807) is 6.08 Å². The quantitative estimate of drug-likeness (QED) is 0.288. The van der Waals surface area contributed by atoms with Gasteiger partial charge in [-0.05, 0) is 25.1 Å². The zero-order valence-electron chi connectivity index (χ0n) is 19.1. The van der Waals surface area contributed by atoms with Gasteiger partial charge in [0.05, 0.1) is 34.0 Å². The van der Waals surface area contributed by atoms with Crippen molar-refractivity contribution in [3.05, 3.63) is 71.4 Å². The van der Waals surface area contributed by atoms with Crippen LogP contribution in [0.2, 0.25) is 0 Å². The number of fused-ring (bicyclic) bond motifs is 1. The molecule has 10 heteroatoms. The molecule has 0 aliphatic carbocycles. The number of allylic oxidation sites excluding steroid dienone is 1. The topological polar surface area (TPSA) is 85.6 Å². The maximum Gasteiger partial charge on any atom is 0.258 e. The lowest BCUT2D eigenvalue weighted by atomic mass is 10.2. The van der Waals surface area contributed by atoms with Gasteiger partial charge in [-0.3, -0.25) is 9.59 Å². The Bertz CT molecular complexity index is 1410. The lowest BCUT2D eigenvalue weighted by Gasteiger charge is -2.04. The van der Waals surface area contributed by atoms with Crippen molar-refractivity contribution in [1.82, 2.24) is 9.55 Å². The summed E-state index contributed by atoms with van der Waals surface area (Å²) >= 11 is 4.02. The Balaban J connectivity index is 1.36. The number of hydrogen-bond acceptors (Lipinski definition) is 7. The number of anilines is 1. The van der Waals surface area contributed by atoms with Crippen LogP contribution in [0.25, 0.3) is 21.5 Å². The number of benzene rings is 2. The van der Waals surface area contributed by atoms with E-state index in [1.165, 1.54) is 34.4 Å². The first-order chi connectivity index (χ1) is 17.1. The van der Waals surface area contributed by atoms with Crippen LogP contribution in [0.1, 0.15) is 6.92 Å². The Morgan fingerprint density at radius 1 is 1.23 bits per heavy atom. The fourth-order valence-electron chi connectivity index (χ4n) is 3.30. The van der Waals surface area contributed by atoms with Crippen molar-refractivity contribution in [3.8, 4) is 17.0 Å². The highest BCUT2D eigenvalue weighted by molar-refractivity contribution is 8.00. The third-order valence-corrected chi connectivity index (χ3v) is 7.49. The molecule has 0 aliphatic rings. The number of amides is 2. The average Bonchev–Trinajstić information content (AvgIpc) is 3.44. The average molecular weight is 525 g/mol. The fraction of sp³-hybridized carbons (Fsp3) is 0.200. The van der Waals surface area contributed by atoms with Crippen LogP contribution < -0.4 is 14.9 Å². The molecule has 2 aromatic heterocycles. The number of hydrogen-bond donors (Lipinski definition) is 1. The molecule has 2 aromatic carbocycles. The lowest BCUT2D eigenvalue weighted by molar-refractivity contribution is -0.115. The number of rotatable bonds is 10. The summed E-state index contributed by atoms with van der Waals surface area (Å²) in [5.74, 6) is 0.523. The Kier molecular flexibility index (Phi) is 8.51. The van der Waals surface area contributed by atoms with Crippen molar-refractivity contribution in [2.24, 2.45) is 4.99 Å². The van der Waals surface area contributed by atoms with Crippen LogP contribution in [-0.2, 0) is 16.1 Å². The van der Waals surface area contributed by atoms with Crippen molar-refractivity contribution in [1.29, 1.82) is 0 Å². The van der Waals surface area contributed by atoms with E-state index in [1.807, 2.05) is 65.4 Å². The first kappa shape index (κ1) is 24.9. The molecular weight excluding hydrogens is 501 g/mol. The standard InChI is InChI=1S/C25H24N4O3S3/c1-3-12-29-20-11-10-18(32-4-2)13-21(20)35-25(29)28-23(31)16-33-15-22(30)27-24-26-19(14-34-24)17-8-6-5-7-9-17/h3,5-11,13-14H,1,4,12,15-16H2,2H3,(H,26,27,30). The smallest absolute Gasteiger partial charge is 0.258 e. The number of thioether (sulfide) groups is 1. The minimum absolute atomic E-state index is 0.104. The second-order valence-electron chi connectivity index (χ2n) is 7.30. The molecule has 0 bridgehead atoms. The number of nitrogens with one attached hydrogen (secondary N) is 1. The zero-order chi connectivity index (χ0) is 24.6. The molecule has 0 radical (unpaired) electrons. The SMILES string of the molecule is C=CCn1c(=NC(=O)CSCC(=O)Nc2nc(-c3ccccc3)cs2)sc2cc(OCC)ccc21. The van der Waals surface area contributed by atoms with Crippen LogP contribution in [0.3, 0.4) is 0 Å². The van der Waals surface area contributed by atoms with Gasteiger partial charge in [-0.2, -0.15) is 4.99 Å². The van der Waals surface area contributed by atoms with Gasteiger partial charge in [0.1, 0.15) is 5.75 Å². The van der Waals surface area contributed by atoms with E-state index < -0.39 is 0 Å². The van der Waals surface area contributed by atoms with Gasteiger partial charge in [-0.1, -0.05) is 47.7 Å². The van der Waals surface area contributed by atoms with E-state index in [4.69, 9.17) is 4.74 Å². The predicted molar refractivity (Wildman–Crippen MR) is 145 cm³/mol. The van der Waals surface area contributed by atoms with Gasteiger partial charge in [-0.15, -0.1) is 29.7 Å². The van der Waals surface area contributed by atoms with Gasteiger partial charge < -0.3 is 14.6 Å². The van der Waals surface area contributed by atoms with E-state index in [0.717, 1.165) is 27.2 Å². The van der Waals surface area contributed by atoms with Gasteiger partial charge in [0, 0.05) is 17.5 Å². The lowest BCUT2D eigenvalue weighted by Crippen LogP contribution is -2.18. The van der Waals surface area contributed by atoms with Crippen LogP contribution >= 0.6 is 34.4 Å². The van der Waals surface area contributed by atoms with Crippen LogP contribution in [0.15, 0.2) is 71.6 Å². The van der Waals surface area contributed by atoms with Crippen molar-refractivity contribution in [2.75, 3.05) is 23.4 Å². The molecule has 0 spiro atoms. The highest BCUT2D eigenvalue weighted by Crippen LogP contribution is 2.25. The largest absolute Gasteiger partial charge is 0.494 e. The number of aromatic nitrogens is 2. The second kappa shape index (κ2) is 12.0. The summed E-state index contributed by atoms with van der Waals surface area (Å²) in [5, 5.41) is 5.23. The number of ether oxygens (including phenoxy) is 1. The first-order valence-corrected chi connectivity index (χ1v) is 13.8. The van der Waals surface area contributed by atoms with Crippen molar-refractivity contribution in [2.45, 2.75) is 13.5 Å². The number of nitrogens with zero attached hydrogens (tertiary/aromatic N) is 3. The molecule has 0 saturated heterocycles. The maximum absolute atomic E-state index is 12.5. The normalized spacial score (nSPS) is 11.5. The molecule has 4 rings (SSSR count). The molecule has 0 aliphatic heterocycles. The number of thiazole rings is 2. The summed E-state index contributed by atoms with van der Waals surface area (Å²) in [4.78, 5) is 34.2. The van der Waals surface area contributed by atoms with Gasteiger partial charge in [-0.25, -0.2) is 4.98 Å². The predicted octanol–water partition coefficient (Wildman–Crippen LogP) is 5.21. The molecule has 2 heterocycles. The molecule has 0 fully saturated rings. The Morgan fingerprint density at radius 2 is 2.06 bits per heavy atom. The summed E-state index contributed by atoms with van der Waals surface area (Å²) < 4.78 is 8.51. The number of carbonyl (C=O) groups excluding carboxylic acids is 2. The third kappa shape index (κ3) is 6.47. The summed E-state index contributed by atoms with van der Waals surface area (Å²) in [5.41, 5.74) is 2.78. The first-order valence-electron chi connectivity index (χ1n) is 10.9. The summed E-state index contributed by atoms with van der Waals surface area (Å²) in [6.45, 7) is 6.87. The molecule has 0 unspecified atom stereocenters. The van der Waals surface area contributed by atoms with Crippen molar-refractivity contribution < 1.29 is 14.3 Å². The van der Waals surface area contributed by atoms with E-state index in [-0.39, 0.29) is 23.3 Å². The molecule has 0 saturated carbocycles. The molecule has 7 nitrogen and oxygen atoms in total. The van der Waals surface area contributed by atoms with Gasteiger partial charge in [0.2, 0.25) is 5.91 Å². The third-order valence-electron chi connectivity index (χ3n) is 4.78. The maximum atomic E-state index is 12.5. The summed E-state index contributed by atoms with van der Waals surface area (Å²) in [6.07, 6.45) is 1.77. The van der Waals surface area contributed by atoms with E-state index in [9.17, 15) is 9.59 Å². The number of carbonyl (C=O) groups is 2. The molecule has 0 atom stereocenters. The van der Waals surface area contributed by atoms with Gasteiger partial charge in [0.25, 0.3) is 5.91 Å². The van der Waals surface area contributed by atoms with Crippen molar-refractivity contribution in [3.63, 3.8) is 0 Å². The molecule has 2 amide bonds. The Morgan fingerprint density at radius 3 is 2.83 bits per heavy atom. The van der Waals surface area contributed by atoms with Crippen LogP contribution in [0.4, 0.5) is 5.13 Å². The molecular formula is C25H24N4O3S3. The van der Waals surface area contributed by atoms with Crippen LogP contribution in [0.5, 0.6) is 5.75 Å². The minimum Gasteiger partial charge on any atom is -0.494 e. The highest BCUT2D eigenvalue weighted by atomic mass is 32.2. The minimum atomic E-state index is -0.294. The monoisotopic (exact) mass is 524 g/mol. The van der Waals surface area contributed by atoms with E-state index >= 15 is 0 Å². The Hall–Kier alpha value is -3.21. The zero-order valence-corrected chi connectivity index (χ0v) is 21.5. The molecule has 1 N–H and O–H groups in total. The van der Waals surface area contributed by atoms with Crippen LogP contribution in [0, 0.1) is 0 Å². The van der Waals surface area contributed by atoms with Gasteiger partial charge in [0.15, 0.2) is 9.93 Å². The molecule has 180 valence electrons. The van der Waals surface area contributed by atoms with Gasteiger partial charge >= 0.3 is 0 Å². The second-order valence-corrected chi connectivity index (χ2v) is 10.1. The highest BCUT2D eigenvalue weighted by Gasteiger charge is 2.11. The molecule has 35 heavy (non-hydrogen) atoms. The summed E-state index contributed by atoms with van der Waals surface area (Å²) in [7, 11) is 0. The van der Waals surface area contributed by atoms with E-state index in [2.05, 4.69) is 21.9 Å². The van der Waals surface area contributed by atoms with Crippen molar-refractivity contribution >= 4 is 61.6 Å². The van der Waals surface area contributed by atoms with E-state index in [0.29, 0.717) is 23.1 Å². The summed E-state index contributed by atoms with van der Waals surface area (Å²) in [6, 6.07) is 15.6. The van der Waals surface area contributed by atoms with Crippen LogP contribution in [-0.4, -0.2) is 39.5 Å². The Labute approximate surface area is 215 Å². The fourth-order valence-corrected chi connectivity index (χ4v) is 5.72.